The summed E-state index contributed by atoms with van der Waals surface area (Å²) in [5.41, 5.74) is 0.878. The monoisotopic (exact) mass is 474 g/mol. The van der Waals surface area contributed by atoms with E-state index in [9.17, 15) is 13.2 Å². The summed E-state index contributed by atoms with van der Waals surface area (Å²) in [4.78, 5) is 3.51. The maximum Gasteiger partial charge on any atom is 0.572 e. The molecule has 1 heterocycles. The van der Waals surface area contributed by atoms with E-state index in [1.54, 1.807) is 23.9 Å². The minimum Gasteiger partial charge on any atom is -0.411 e. The van der Waals surface area contributed by atoms with Crippen molar-refractivity contribution in [2.75, 3.05) is 32.9 Å². The maximum absolute atomic E-state index is 12.0. The Balaban J connectivity index is 0. The van der Waals surface area contributed by atoms with Gasteiger partial charge in [0.1, 0.15) is 5.76 Å². The molecule has 0 atom stereocenters. The molecular formula is C25H41F3N2OS. The number of nitrogens with one attached hydrogen (secondary N) is 1. The predicted molar refractivity (Wildman–Crippen MR) is 136 cm³/mol. The normalized spacial score (nSPS) is 16.6. The maximum atomic E-state index is 12.0. The number of thioether (sulfide) groups is 1. The Morgan fingerprint density at radius 1 is 1.09 bits per heavy atom. The van der Waals surface area contributed by atoms with Crippen LogP contribution in [0, 0.1) is 0 Å². The molecule has 1 fully saturated rings. The first-order valence-corrected chi connectivity index (χ1v) is 11.9. The number of ether oxygens (including phenoxy) is 1. The highest BCUT2D eigenvalue weighted by atomic mass is 32.2. The van der Waals surface area contributed by atoms with Gasteiger partial charge in [-0.1, -0.05) is 49.6 Å². The van der Waals surface area contributed by atoms with Gasteiger partial charge in [0.15, 0.2) is 0 Å². The molecule has 0 radical (unpaired) electrons. The highest BCUT2D eigenvalue weighted by molar-refractivity contribution is 8.02. The zero-order valence-corrected chi connectivity index (χ0v) is 21.3. The number of rotatable bonds is 8. The molecule has 1 N–H and O–H groups in total. The zero-order chi connectivity index (χ0) is 25.0. The van der Waals surface area contributed by atoms with Crippen LogP contribution >= 0.6 is 11.8 Å². The number of nitrogens with zero attached hydrogens (tertiary/aromatic N) is 1. The number of hydrogen-bond donors (Lipinski definition) is 1. The molecule has 0 bridgehead atoms. The molecule has 7 heteroatoms. The van der Waals surface area contributed by atoms with E-state index in [1.165, 1.54) is 17.9 Å². The molecule has 0 aromatic heterocycles. The van der Waals surface area contributed by atoms with Crippen molar-refractivity contribution in [2.24, 2.45) is 0 Å². The molecule has 184 valence electrons. The van der Waals surface area contributed by atoms with Crippen molar-refractivity contribution in [1.82, 2.24) is 10.2 Å². The van der Waals surface area contributed by atoms with Gasteiger partial charge in [0.05, 0.1) is 0 Å². The molecule has 1 rings (SSSR count). The Kier molecular flexibility index (Phi) is 20.2. The molecule has 0 saturated carbocycles. The van der Waals surface area contributed by atoms with Gasteiger partial charge in [-0.25, -0.2) is 0 Å². The highest BCUT2D eigenvalue weighted by Gasteiger charge is 2.30. The Hall–Kier alpha value is -1.70. The fourth-order valence-electron chi connectivity index (χ4n) is 2.58. The minimum absolute atomic E-state index is 0.184. The standard InChI is InChI=1S/C15H23F3N2O.C6H10S.C4H8/c1-4-13(6-5-12(2)21-15(16,17)18)11-20-9-7-14(19-3)8-10-20;1-4-6(5-2)7-3;1-3-4-2/h4-6,14,19H,1,7-11H2,2-3H3;4-5H,1H2,2-3H3;3-4H,1-2H3/b12-5+,13-6+;6-5-;4-3-. The highest BCUT2D eigenvalue weighted by Crippen LogP contribution is 2.20. The minimum atomic E-state index is -4.64. The van der Waals surface area contributed by atoms with Crippen LogP contribution in [0.1, 0.15) is 40.5 Å². The Labute approximate surface area is 197 Å². The van der Waals surface area contributed by atoms with Gasteiger partial charge in [-0.05, 0) is 78.6 Å². The Morgan fingerprint density at radius 2 is 1.66 bits per heavy atom. The molecule has 1 aliphatic rings. The van der Waals surface area contributed by atoms with E-state index < -0.39 is 6.36 Å². The van der Waals surface area contributed by atoms with Crippen LogP contribution in [0.25, 0.3) is 0 Å². The number of likely N-dealkylation sites (tertiary alicyclic amines) is 1. The summed E-state index contributed by atoms with van der Waals surface area (Å²) in [6.45, 7) is 17.2. The fourth-order valence-corrected chi connectivity index (χ4v) is 2.99. The number of halogens is 3. The summed E-state index contributed by atoms with van der Waals surface area (Å²) >= 11 is 1.71. The molecule has 32 heavy (non-hydrogen) atoms. The Bertz CT molecular complexity index is 626. The first-order chi connectivity index (χ1) is 15.1. The lowest BCUT2D eigenvalue weighted by Gasteiger charge is -2.31. The average molecular weight is 475 g/mol. The lowest BCUT2D eigenvalue weighted by molar-refractivity contribution is -0.305. The van der Waals surface area contributed by atoms with Crippen molar-refractivity contribution < 1.29 is 17.9 Å². The Morgan fingerprint density at radius 3 is 1.97 bits per heavy atom. The van der Waals surface area contributed by atoms with E-state index in [0.29, 0.717) is 12.6 Å². The van der Waals surface area contributed by atoms with E-state index in [4.69, 9.17) is 0 Å². The second-order valence-corrected chi connectivity index (χ2v) is 7.76. The SMILES string of the molecule is C/C=C\C.C=C/C(=C/C)SC.C=C/C(=C\C=C(/C)OC(F)(F)F)CN1CCC(NC)CC1. The summed E-state index contributed by atoms with van der Waals surface area (Å²) in [6, 6.07) is 0.555. The van der Waals surface area contributed by atoms with Crippen LogP contribution in [-0.4, -0.2) is 50.2 Å². The van der Waals surface area contributed by atoms with Gasteiger partial charge >= 0.3 is 6.36 Å². The van der Waals surface area contributed by atoms with Crippen molar-refractivity contribution in [2.45, 2.75) is 52.9 Å². The first kappa shape index (κ1) is 32.5. The molecule has 1 saturated heterocycles. The van der Waals surface area contributed by atoms with Crippen LogP contribution < -0.4 is 5.32 Å². The molecule has 0 aliphatic carbocycles. The molecular weight excluding hydrogens is 433 g/mol. The van der Waals surface area contributed by atoms with Crippen LogP contribution in [0.4, 0.5) is 13.2 Å². The average Bonchev–Trinajstić information content (AvgIpc) is 2.77. The topological polar surface area (TPSA) is 24.5 Å². The van der Waals surface area contributed by atoms with Gasteiger partial charge in [-0.2, -0.15) is 0 Å². The van der Waals surface area contributed by atoms with Crippen LogP contribution in [-0.2, 0) is 4.74 Å². The predicted octanol–water partition coefficient (Wildman–Crippen LogP) is 7.24. The third-order valence-electron chi connectivity index (χ3n) is 4.53. The molecule has 1 aliphatic heterocycles. The van der Waals surface area contributed by atoms with Crippen LogP contribution in [0.2, 0.25) is 0 Å². The van der Waals surface area contributed by atoms with Crippen LogP contribution in [0.5, 0.6) is 0 Å². The van der Waals surface area contributed by atoms with Gasteiger partial charge in [0.2, 0.25) is 0 Å². The molecule has 0 aromatic carbocycles. The van der Waals surface area contributed by atoms with E-state index in [-0.39, 0.29) is 5.76 Å². The number of piperidine rings is 1. The molecule has 0 amide bonds. The summed E-state index contributed by atoms with van der Waals surface area (Å²) in [5.74, 6) is -0.184. The number of hydrogen-bond acceptors (Lipinski definition) is 4. The lowest BCUT2D eigenvalue weighted by atomic mass is 10.0. The zero-order valence-electron chi connectivity index (χ0n) is 20.5. The van der Waals surface area contributed by atoms with Crippen molar-refractivity contribution in [3.05, 3.63) is 71.9 Å². The second-order valence-electron chi connectivity index (χ2n) is 6.88. The van der Waals surface area contributed by atoms with Gasteiger partial charge in [-0.3, -0.25) is 4.90 Å². The summed E-state index contributed by atoms with van der Waals surface area (Å²) in [5, 5.41) is 3.26. The van der Waals surface area contributed by atoms with Gasteiger partial charge in [0, 0.05) is 17.5 Å². The number of alkyl halides is 3. The van der Waals surface area contributed by atoms with Crippen LogP contribution in [0.3, 0.4) is 0 Å². The quantitative estimate of drug-likeness (QED) is 0.228. The second kappa shape index (κ2) is 19.9. The van der Waals surface area contributed by atoms with Crippen LogP contribution in [0.15, 0.2) is 71.9 Å². The first-order valence-electron chi connectivity index (χ1n) is 10.7. The van der Waals surface area contributed by atoms with Crippen molar-refractivity contribution in [3.63, 3.8) is 0 Å². The third-order valence-corrected chi connectivity index (χ3v) is 5.40. The van der Waals surface area contributed by atoms with E-state index in [1.807, 2.05) is 58.4 Å². The molecule has 0 unspecified atom stereocenters. The summed E-state index contributed by atoms with van der Waals surface area (Å²) < 4.78 is 39.9. The summed E-state index contributed by atoms with van der Waals surface area (Å²) in [6.07, 6.45) is 12.1. The van der Waals surface area contributed by atoms with Crippen molar-refractivity contribution in [1.29, 1.82) is 0 Å². The van der Waals surface area contributed by atoms with E-state index in [0.717, 1.165) is 31.5 Å². The molecule has 0 spiro atoms. The number of allylic oxidation sites excluding steroid dienone is 7. The smallest absolute Gasteiger partial charge is 0.411 e. The third kappa shape index (κ3) is 19.0. The van der Waals surface area contributed by atoms with Crippen molar-refractivity contribution in [3.8, 4) is 0 Å². The summed E-state index contributed by atoms with van der Waals surface area (Å²) in [7, 11) is 1.96. The van der Waals surface area contributed by atoms with Gasteiger partial charge < -0.3 is 10.1 Å². The van der Waals surface area contributed by atoms with E-state index in [2.05, 4.69) is 28.1 Å². The fraction of sp³-hybridized carbons (Fsp3) is 0.520. The lowest BCUT2D eigenvalue weighted by Crippen LogP contribution is -2.41. The largest absolute Gasteiger partial charge is 0.572 e. The molecule has 3 nitrogen and oxygen atoms in total. The molecule has 0 aromatic rings. The van der Waals surface area contributed by atoms with Gasteiger partial charge in [0.25, 0.3) is 0 Å². The van der Waals surface area contributed by atoms with Crippen molar-refractivity contribution >= 4 is 11.8 Å². The van der Waals surface area contributed by atoms with Gasteiger partial charge in [-0.15, -0.1) is 24.9 Å². The van der Waals surface area contributed by atoms with E-state index >= 15 is 0 Å².